The van der Waals surface area contributed by atoms with Gasteiger partial charge in [-0.3, -0.25) is 0 Å². The van der Waals surface area contributed by atoms with E-state index in [0.717, 1.165) is 5.30 Å². The maximum Gasteiger partial charge on any atom is 0.0663 e. The van der Waals surface area contributed by atoms with Gasteiger partial charge in [-0.2, -0.15) is 0 Å². The lowest BCUT2D eigenvalue weighted by Gasteiger charge is -2.06. The summed E-state index contributed by atoms with van der Waals surface area (Å²) in [5.41, 5.74) is 0. The molecule has 0 fully saturated rings. The summed E-state index contributed by atoms with van der Waals surface area (Å²) in [6.45, 7) is 1.73. The van der Waals surface area contributed by atoms with Crippen molar-refractivity contribution in [3.63, 3.8) is 0 Å². The van der Waals surface area contributed by atoms with Gasteiger partial charge >= 0.3 is 0 Å². The van der Waals surface area contributed by atoms with Crippen LogP contribution in [0.15, 0.2) is 30.3 Å². The molecular formula is C8H11OP. The van der Waals surface area contributed by atoms with Gasteiger partial charge in [-0.1, -0.05) is 38.3 Å². The average Bonchev–Trinajstić information content (AvgIpc) is 2.03. The van der Waals surface area contributed by atoms with E-state index in [1.807, 2.05) is 30.3 Å². The van der Waals surface area contributed by atoms with E-state index in [2.05, 4.69) is 0 Å². The number of hydrogen-bond acceptors (Lipinski definition) is 1. The minimum Gasteiger partial charge on any atom is -0.392 e. The molecule has 0 aliphatic rings. The first-order valence-electron chi connectivity index (χ1n) is 4.03. The lowest BCUT2D eigenvalue weighted by Crippen LogP contribution is -2.00. The van der Waals surface area contributed by atoms with Crippen LogP contribution in [0, 0.1) is 0 Å². The SMILES string of the molecule is [2H]C([2H])(O)P(C)c1ccccc1. The van der Waals surface area contributed by atoms with Crippen LogP contribution in [0.5, 0.6) is 0 Å². The molecular weight excluding hydrogens is 143 g/mol. The van der Waals surface area contributed by atoms with E-state index in [9.17, 15) is 0 Å². The van der Waals surface area contributed by atoms with E-state index in [1.54, 1.807) is 6.66 Å². The Hall–Kier alpha value is -0.390. The molecule has 1 nitrogen and oxygen atoms in total. The van der Waals surface area contributed by atoms with Crippen LogP contribution in [-0.4, -0.2) is 18.1 Å². The molecule has 1 atom stereocenters. The Morgan fingerprint density at radius 2 is 2.10 bits per heavy atom. The summed E-state index contributed by atoms with van der Waals surface area (Å²) in [5, 5.41) is 9.98. The van der Waals surface area contributed by atoms with E-state index in [-0.39, 0.29) is 0 Å². The lowest BCUT2D eigenvalue weighted by molar-refractivity contribution is 0.371. The van der Waals surface area contributed by atoms with Crippen molar-refractivity contribution in [2.45, 2.75) is 0 Å². The smallest absolute Gasteiger partial charge is 0.0663 e. The Morgan fingerprint density at radius 3 is 2.60 bits per heavy atom. The van der Waals surface area contributed by atoms with Crippen LogP contribution in [0.3, 0.4) is 0 Å². The van der Waals surface area contributed by atoms with Gasteiger partial charge < -0.3 is 5.11 Å². The molecule has 0 heterocycles. The highest BCUT2D eigenvalue weighted by Crippen LogP contribution is 2.26. The van der Waals surface area contributed by atoms with Crippen molar-refractivity contribution in [2.24, 2.45) is 0 Å². The molecule has 0 aromatic heterocycles. The van der Waals surface area contributed by atoms with E-state index in [4.69, 9.17) is 7.85 Å². The van der Waals surface area contributed by atoms with Gasteiger partial charge in [0.1, 0.15) is 0 Å². The third-order valence-electron chi connectivity index (χ3n) is 1.29. The minimum atomic E-state index is -2.07. The highest BCUT2D eigenvalue weighted by atomic mass is 31.1. The molecule has 0 spiro atoms. The zero-order chi connectivity index (χ0) is 9.19. The normalized spacial score (nSPS) is 17.4. The van der Waals surface area contributed by atoms with Gasteiger partial charge in [0.25, 0.3) is 0 Å². The third-order valence-corrected chi connectivity index (χ3v) is 2.67. The Labute approximate surface area is 65.3 Å². The minimum absolute atomic E-state index is 0.875. The standard InChI is InChI=1S/C8H11OP/c1-10(7-9)8-5-3-2-4-6-8/h2-6,9H,7H2,1H3/i7D2. The van der Waals surface area contributed by atoms with Crippen molar-refractivity contribution in [3.8, 4) is 0 Å². The van der Waals surface area contributed by atoms with Crippen LogP contribution in [0.4, 0.5) is 0 Å². The Balaban J connectivity index is 2.86. The molecule has 10 heavy (non-hydrogen) atoms. The van der Waals surface area contributed by atoms with Crippen LogP contribution in [-0.2, 0) is 0 Å². The van der Waals surface area contributed by atoms with Crippen molar-refractivity contribution in [1.82, 2.24) is 0 Å². The Kier molecular flexibility index (Phi) is 1.96. The van der Waals surface area contributed by atoms with Gasteiger partial charge in [0, 0.05) is 0 Å². The fourth-order valence-electron chi connectivity index (χ4n) is 0.709. The highest BCUT2D eigenvalue weighted by Gasteiger charge is 1.99. The van der Waals surface area contributed by atoms with Crippen molar-refractivity contribution in [2.75, 3.05) is 13.0 Å². The molecule has 2 heteroatoms. The average molecular weight is 156 g/mol. The summed E-state index contributed by atoms with van der Waals surface area (Å²) >= 11 is 0. The molecule has 1 rings (SSSR count). The molecule has 0 aliphatic heterocycles. The second-order valence-corrected chi connectivity index (χ2v) is 3.83. The third kappa shape index (κ3) is 1.80. The van der Waals surface area contributed by atoms with Crippen LogP contribution >= 0.6 is 7.92 Å². The Bertz CT molecular complexity index is 245. The van der Waals surface area contributed by atoms with Crippen molar-refractivity contribution < 1.29 is 7.85 Å². The number of rotatable bonds is 2. The van der Waals surface area contributed by atoms with Gasteiger partial charge in [0.05, 0.1) is 9.04 Å². The molecule has 0 radical (unpaired) electrons. The first-order chi connectivity index (χ1) is 5.52. The fraction of sp³-hybridized carbons (Fsp3) is 0.250. The van der Waals surface area contributed by atoms with Gasteiger partial charge in [0.15, 0.2) is 0 Å². The predicted octanol–water partition coefficient (Wildman–Crippen LogP) is 1.37. The molecule has 1 aromatic rings. The first-order valence-corrected chi connectivity index (χ1v) is 4.82. The maximum absolute atomic E-state index is 9.10. The van der Waals surface area contributed by atoms with Crippen molar-refractivity contribution in [1.29, 1.82) is 0 Å². The van der Waals surface area contributed by atoms with Crippen LogP contribution in [0.1, 0.15) is 2.74 Å². The van der Waals surface area contributed by atoms with E-state index in [1.165, 1.54) is 0 Å². The van der Waals surface area contributed by atoms with Gasteiger partial charge in [-0.15, -0.1) is 0 Å². The largest absolute Gasteiger partial charge is 0.392 e. The van der Waals surface area contributed by atoms with E-state index in [0.29, 0.717) is 0 Å². The van der Waals surface area contributed by atoms with Gasteiger partial charge in [0.2, 0.25) is 0 Å². The molecule has 0 saturated heterocycles. The number of benzene rings is 1. The van der Waals surface area contributed by atoms with Crippen LogP contribution in [0.2, 0.25) is 0 Å². The van der Waals surface area contributed by atoms with E-state index >= 15 is 0 Å². The number of hydrogen-bond donors (Lipinski definition) is 1. The highest BCUT2D eigenvalue weighted by molar-refractivity contribution is 7.64. The van der Waals surface area contributed by atoms with Crippen LogP contribution < -0.4 is 5.30 Å². The zero-order valence-corrected chi connectivity index (χ0v) is 6.68. The summed E-state index contributed by atoms with van der Waals surface area (Å²) in [6, 6.07) is 9.24. The molecule has 54 valence electrons. The first kappa shape index (κ1) is 5.29. The zero-order valence-electron chi connectivity index (χ0n) is 7.78. The summed E-state index contributed by atoms with van der Waals surface area (Å²) in [6.07, 6.45) is -2.07. The molecule has 1 unspecified atom stereocenters. The molecule has 0 bridgehead atoms. The second kappa shape index (κ2) is 3.70. The monoisotopic (exact) mass is 156 g/mol. The predicted molar refractivity (Wildman–Crippen MR) is 46.0 cm³/mol. The second-order valence-electron chi connectivity index (χ2n) is 1.99. The van der Waals surface area contributed by atoms with Crippen LogP contribution in [0.25, 0.3) is 0 Å². The van der Waals surface area contributed by atoms with Crippen molar-refractivity contribution in [3.05, 3.63) is 30.3 Å². The summed E-state index contributed by atoms with van der Waals surface area (Å²) < 4.78 is 14.3. The summed E-state index contributed by atoms with van der Waals surface area (Å²) in [5.74, 6) is 0. The molecule has 1 aromatic carbocycles. The lowest BCUT2D eigenvalue weighted by atomic mass is 10.4. The van der Waals surface area contributed by atoms with E-state index < -0.39 is 14.2 Å². The van der Waals surface area contributed by atoms with Gasteiger partial charge in [-0.05, 0) is 12.0 Å². The van der Waals surface area contributed by atoms with Crippen molar-refractivity contribution >= 4 is 13.2 Å². The molecule has 0 saturated carbocycles. The summed E-state index contributed by atoms with van der Waals surface area (Å²) in [7, 11) is -1.13. The molecule has 1 N–H and O–H groups in total. The summed E-state index contributed by atoms with van der Waals surface area (Å²) in [4.78, 5) is 0. The fourth-order valence-corrected chi connectivity index (χ4v) is 1.44. The molecule has 0 aliphatic carbocycles. The number of aliphatic hydroxyl groups is 1. The van der Waals surface area contributed by atoms with Gasteiger partial charge in [-0.25, -0.2) is 0 Å². The molecule has 0 amide bonds. The topological polar surface area (TPSA) is 20.2 Å². The quantitative estimate of drug-likeness (QED) is 0.641. The Morgan fingerprint density at radius 1 is 1.50 bits per heavy atom. The maximum atomic E-state index is 9.10.